The molecule has 26 heavy (non-hydrogen) atoms. The number of halogens is 1. The molecular weight excluding hydrogens is 388 g/mol. The van der Waals surface area contributed by atoms with Crippen LogP contribution in [0.25, 0.3) is 10.7 Å². The van der Waals surface area contributed by atoms with Gasteiger partial charge in [-0.2, -0.15) is 5.10 Å². The summed E-state index contributed by atoms with van der Waals surface area (Å²) in [6, 6.07) is 9.27. The first-order valence-corrected chi connectivity index (χ1v) is 10.0. The van der Waals surface area contributed by atoms with Gasteiger partial charge in [0.1, 0.15) is 6.04 Å². The molecule has 0 fully saturated rings. The van der Waals surface area contributed by atoms with Crippen LogP contribution in [-0.2, 0) is 11.2 Å². The Bertz CT molecular complexity index is 1010. The molecule has 1 amide bonds. The molecule has 1 aliphatic rings. The average Bonchev–Trinajstić information content (AvgIpc) is 3.35. The molecule has 2 heterocycles. The molecule has 3 aromatic rings. The fourth-order valence-electron chi connectivity index (χ4n) is 3.41. The number of carbonyl (C=O) groups is 1. The number of hydrogen-bond donors (Lipinski definition) is 2. The van der Waals surface area contributed by atoms with Gasteiger partial charge in [-0.25, -0.2) is 0 Å². The highest BCUT2D eigenvalue weighted by molar-refractivity contribution is 7.71. The van der Waals surface area contributed by atoms with Gasteiger partial charge in [-0.1, -0.05) is 29.8 Å². The third-order valence-electron chi connectivity index (χ3n) is 4.74. The number of aromatic nitrogens is 3. The van der Waals surface area contributed by atoms with Crippen LogP contribution in [0.1, 0.15) is 36.6 Å². The van der Waals surface area contributed by atoms with Crippen molar-refractivity contribution < 1.29 is 4.79 Å². The van der Waals surface area contributed by atoms with E-state index >= 15 is 0 Å². The fourth-order valence-corrected chi connectivity index (χ4v) is 4.69. The van der Waals surface area contributed by atoms with Gasteiger partial charge in [-0.15, -0.1) is 11.3 Å². The molecule has 4 rings (SSSR count). The van der Waals surface area contributed by atoms with Gasteiger partial charge in [0.15, 0.2) is 10.6 Å². The third-order valence-corrected chi connectivity index (χ3v) is 6.25. The first-order chi connectivity index (χ1) is 12.6. The zero-order valence-corrected chi connectivity index (χ0v) is 16.4. The van der Waals surface area contributed by atoms with E-state index in [0.717, 1.165) is 33.9 Å². The zero-order valence-electron chi connectivity index (χ0n) is 14.0. The summed E-state index contributed by atoms with van der Waals surface area (Å²) in [5.41, 5.74) is 2.23. The van der Waals surface area contributed by atoms with Crippen LogP contribution in [0.4, 0.5) is 0 Å². The molecule has 0 aliphatic heterocycles. The number of fused-ring (bicyclic) bond motifs is 1. The van der Waals surface area contributed by atoms with Crippen molar-refractivity contribution in [3.63, 3.8) is 0 Å². The number of nitrogens with zero attached hydrogens (tertiary/aromatic N) is 2. The molecular formula is C18H17ClN4OS2. The number of H-pyrrole nitrogens is 1. The van der Waals surface area contributed by atoms with E-state index in [0.29, 0.717) is 10.6 Å². The molecule has 1 aromatic carbocycles. The van der Waals surface area contributed by atoms with E-state index < -0.39 is 6.04 Å². The molecule has 2 atom stereocenters. The molecule has 0 bridgehead atoms. The molecule has 0 radical (unpaired) electrons. The van der Waals surface area contributed by atoms with E-state index in [-0.39, 0.29) is 11.9 Å². The predicted molar refractivity (Wildman–Crippen MR) is 106 cm³/mol. The van der Waals surface area contributed by atoms with Gasteiger partial charge in [0.25, 0.3) is 0 Å². The average molecular weight is 405 g/mol. The van der Waals surface area contributed by atoms with Gasteiger partial charge in [0, 0.05) is 5.02 Å². The Hall–Kier alpha value is -1.96. The lowest BCUT2D eigenvalue weighted by molar-refractivity contribution is -0.124. The van der Waals surface area contributed by atoms with Crippen molar-refractivity contribution in [2.75, 3.05) is 0 Å². The summed E-state index contributed by atoms with van der Waals surface area (Å²) in [6.45, 7) is 1.84. The summed E-state index contributed by atoms with van der Waals surface area (Å²) in [6.07, 6.45) is 1.73. The second kappa shape index (κ2) is 6.98. The van der Waals surface area contributed by atoms with E-state index in [1.54, 1.807) is 15.9 Å². The van der Waals surface area contributed by atoms with E-state index in [1.807, 2.05) is 42.6 Å². The molecule has 2 unspecified atom stereocenters. The quantitative estimate of drug-likeness (QED) is 0.620. The number of benzene rings is 1. The van der Waals surface area contributed by atoms with Crippen LogP contribution < -0.4 is 5.32 Å². The second-order valence-corrected chi connectivity index (χ2v) is 8.02. The predicted octanol–water partition coefficient (Wildman–Crippen LogP) is 4.69. The first kappa shape index (κ1) is 17.5. The number of aromatic amines is 1. The van der Waals surface area contributed by atoms with Crippen LogP contribution in [-0.4, -0.2) is 20.7 Å². The standard InChI is InChI=1S/C18H17ClN4OS2/c1-10(23-16(21-22-18(23)25)15-6-3-9-26-15)17(24)20-14-8-7-11-12(14)4-2-5-13(11)19/h2-6,9-10,14H,7-8H2,1H3,(H,20,24)(H,22,25). The first-order valence-electron chi connectivity index (χ1n) is 8.34. The molecule has 134 valence electrons. The summed E-state index contributed by atoms with van der Waals surface area (Å²) >= 11 is 13.2. The van der Waals surface area contributed by atoms with E-state index in [1.165, 1.54) is 0 Å². The fraction of sp³-hybridized carbons (Fsp3) is 0.278. The lowest BCUT2D eigenvalue weighted by atomic mass is 10.1. The largest absolute Gasteiger partial charge is 0.347 e. The summed E-state index contributed by atoms with van der Waals surface area (Å²) in [7, 11) is 0. The molecule has 5 nitrogen and oxygen atoms in total. The maximum Gasteiger partial charge on any atom is 0.243 e. The van der Waals surface area contributed by atoms with Crippen molar-refractivity contribution >= 4 is 41.1 Å². The van der Waals surface area contributed by atoms with Gasteiger partial charge in [-0.3, -0.25) is 14.5 Å². The van der Waals surface area contributed by atoms with Crippen molar-refractivity contribution in [1.29, 1.82) is 0 Å². The summed E-state index contributed by atoms with van der Waals surface area (Å²) < 4.78 is 2.20. The smallest absolute Gasteiger partial charge is 0.243 e. The van der Waals surface area contributed by atoms with Crippen molar-refractivity contribution in [3.8, 4) is 10.7 Å². The van der Waals surface area contributed by atoms with Gasteiger partial charge in [0.2, 0.25) is 5.91 Å². The number of carbonyl (C=O) groups excluding carboxylic acids is 1. The minimum absolute atomic E-state index is 0.0232. The minimum Gasteiger partial charge on any atom is -0.347 e. The van der Waals surface area contributed by atoms with Crippen LogP contribution in [0.2, 0.25) is 5.02 Å². The van der Waals surface area contributed by atoms with E-state index in [2.05, 4.69) is 15.5 Å². The highest BCUT2D eigenvalue weighted by atomic mass is 35.5. The lowest BCUT2D eigenvalue weighted by Crippen LogP contribution is -2.33. The summed E-state index contributed by atoms with van der Waals surface area (Å²) in [5.74, 6) is 0.598. The van der Waals surface area contributed by atoms with Crippen LogP contribution in [0.5, 0.6) is 0 Å². The molecule has 1 aliphatic carbocycles. The summed E-state index contributed by atoms with van der Waals surface area (Å²) in [4.78, 5) is 13.9. The monoisotopic (exact) mass is 404 g/mol. The van der Waals surface area contributed by atoms with Crippen molar-refractivity contribution in [2.45, 2.75) is 31.8 Å². The molecule has 2 aromatic heterocycles. The zero-order chi connectivity index (χ0) is 18.3. The minimum atomic E-state index is -0.471. The Labute approximate surface area is 165 Å². The number of hydrogen-bond acceptors (Lipinski definition) is 4. The van der Waals surface area contributed by atoms with Gasteiger partial charge >= 0.3 is 0 Å². The lowest BCUT2D eigenvalue weighted by Gasteiger charge is -2.19. The topological polar surface area (TPSA) is 62.7 Å². The van der Waals surface area contributed by atoms with E-state index in [4.69, 9.17) is 23.8 Å². The molecule has 2 N–H and O–H groups in total. The molecule has 0 spiro atoms. The normalized spacial score (nSPS) is 17.1. The Morgan fingerprint density at radius 2 is 2.31 bits per heavy atom. The third kappa shape index (κ3) is 3.00. The Kier molecular flexibility index (Phi) is 4.69. The molecule has 0 saturated heterocycles. The molecule has 8 heteroatoms. The Balaban J connectivity index is 1.59. The van der Waals surface area contributed by atoms with Crippen LogP contribution in [0, 0.1) is 4.77 Å². The number of rotatable bonds is 4. The van der Waals surface area contributed by atoms with E-state index in [9.17, 15) is 4.79 Å². The molecule has 0 saturated carbocycles. The Morgan fingerprint density at radius 1 is 1.46 bits per heavy atom. The van der Waals surface area contributed by atoms with Crippen LogP contribution >= 0.6 is 35.2 Å². The van der Waals surface area contributed by atoms with Crippen LogP contribution in [0.15, 0.2) is 35.7 Å². The second-order valence-electron chi connectivity index (χ2n) is 6.28. The Morgan fingerprint density at radius 3 is 3.08 bits per heavy atom. The SMILES string of the molecule is CC(C(=O)NC1CCc2c(Cl)cccc21)n1c(-c2cccs2)n[nH]c1=S. The number of nitrogens with one attached hydrogen (secondary N) is 2. The van der Waals surface area contributed by atoms with Crippen molar-refractivity contribution in [3.05, 3.63) is 56.6 Å². The van der Waals surface area contributed by atoms with Gasteiger partial charge in [0.05, 0.1) is 10.9 Å². The number of amides is 1. The van der Waals surface area contributed by atoms with Crippen molar-refractivity contribution in [1.82, 2.24) is 20.1 Å². The highest BCUT2D eigenvalue weighted by Crippen LogP contribution is 2.36. The maximum atomic E-state index is 12.9. The number of thiophene rings is 1. The van der Waals surface area contributed by atoms with Crippen molar-refractivity contribution in [2.24, 2.45) is 0 Å². The maximum absolute atomic E-state index is 12.9. The van der Waals surface area contributed by atoms with Gasteiger partial charge in [-0.05, 0) is 60.6 Å². The van der Waals surface area contributed by atoms with Gasteiger partial charge < -0.3 is 5.32 Å². The highest BCUT2D eigenvalue weighted by Gasteiger charge is 2.28. The van der Waals surface area contributed by atoms with Crippen LogP contribution in [0.3, 0.4) is 0 Å². The summed E-state index contributed by atoms with van der Waals surface area (Å²) in [5, 5.41) is 13.0.